The van der Waals surface area contributed by atoms with Gasteiger partial charge in [-0.1, -0.05) is 61.4 Å². The molecule has 23 heavy (non-hydrogen) atoms. The zero-order valence-electron chi connectivity index (χ0n) is 13.0. The van der Waals surface area contributed by atoms with E-state index in [0.29, 0.717) is 22.5 Å². The fourth-order valence-corrected chi connectivity index (χ4v) is 3.86. The molecule has 0 bridgehead atoms. The fourth-order valence-electron chi connectivity index (χ4n) is 3.05. The van der Waals surface area contributed by atoms with Crippen LogP contribution >= 0.6 is 11.8 Å². The summed E-state index contributed by atoms with van der Waals surface area (Å²) in [5.41, 5.74) is 8.58. The number of hydrogen-bond acceptors (Lipinski definition) is 5. The van der Waals surface area contributed by atoms with Gasteiger partial charge in [0, 0.05) is 11.7 Å². The zero-order chi connectivity index (χ0) is 16.1. The predicted molar refractivity (Wildman–Crippen MR) is 93.0 cm³/mol. The average Bonchev–Trinajstić information content (AvgIpc) is 2.61. The van der Waals surface area contributed by atoms with E-state index in [1.807, 2.05) is 18.2 Å². The maximum atomic E-state index is 9.41. The summed E-state index contributed by atoms with van der Waals surface area (Å²) in [4.78, 5) is 9.01. The summed E-state index contributed by atoms with van der Waals surface area (Å²) in [5.74, 6) is 1.47. The third kappa shape index (κ3) is 3.83. The van der Waals surface area contributed by atoms with E-state index >= 15 is 0 Å². The highest BCUT2D eigenvalue weighted by atomic mass is 32.2. The SMILES string of the molecule is N#Cc1c(N)nc(SCc2ccccc2)nc1C1CCCCC1. The molecule has 1 aromatic heterocycles. The van der Waals surface area contributed by atoms with E-state index in [4.69, 9.17) is 10.7 Å². The molecule has 0 amide bonds. The van der Waals surface area contributed by atoms with Crippen molar-refractivity contribution < 1.29 is 0 Å². The van der Waals surface area contributed by atoms with E-state index in [9.17, 15) is 5.26 Å². The lowest BCUT2D eigenvalue weighted by Crippen LogP contribution is -2.12. The molecule has 1 aromatic carbocycles. The molecule has 1 aliphatic rings. The highest BCUT2D eigenvalue weighted by molar-refractivity contribution is 7.98. The number of nitriles is 1. The molecule has 0 aliphatic heterocycles. The van der Waals surface area contributed by atoms with E-state index < -0.39 is 0 Å². The maximum absolute atomic E-state index is 9.41. The molecule has 1 heterocycles. The first-order valence-corrected chi connectivity index (χ1v) is 9.00. The molecule has 1 saturated carbocycles. The van der Waals surface area contributed by atoms with Gasteiger partial charge in [-0.15, -0.1) is 0 Å². The first kappa shape index (κ1) is 15.8. The zero-order valence-corrected chi connectivity index (χ0v) is 13.9. The van der Waals surface area contributed by atoms with Gasteiger partial charge in [0.1, 0.15) is 17.5 Å². The predicted octanol–water partition coefficient (Wildman–Crippen LogP) is 4.27. The molecule has 0 radical (unpaired) electrons. The third-order valence-corrected chi connectivity index (χ3v) is 5.18. The van der Waals surface area contributed by atoms with E-state index in [-0.39, 0.29) is 0 Å². The number of nitrogens with zero attached hydrogens (tertiary/aromatic N) is 3. The van der Waals surface area contributed by atoms with Crippen LogP contribution < -0.4 is 5.73 Å². The Morgan fingerprint density at radius 3 is 2.57 bits per heavy atom. The second-order valence-corrected chi connectivity index (χ2v) is 6.82. The van der Waals surface area contributed by atoms with Gasteiger partial charge in [-0.3, -0.25) is 0 Å². The standard InChI is InChI=1S/C18H20N4S/c19-11-15-16(14-9-5-2-6-10-14)21-18(22-17(15)20)23-12-13-7-3-1-4-8-13/h1,3-4,7-8,14H,2,5-6,9-10,12H2,(H2,20,21,22). The van der Waals surface area contributed by atoms with Crippen molar-refractivity contribution >= 4 is 17.6 Å². The summed E-state index contributed by atoms with van der Waals surface area (Å²) < 4.78 is 0. The van der Waals surface area contributed by atoms with Gasteiger partial charge in [-0.05, 0) is 18.4 Å². The largest absolute Gasteiger partial charge is 0.382 e. The van der Waals surface area contributed by atoms with Crippen molar-refractivity contribution in [2.75, 3.05) is 5.73 Å². The minimum absolute atomic E-state index is 0.318. The lowest BCUT2D eigenvalue weighted by Gasteiger charge is -2.22. The topological polar surface area (TPSA) is 75.6 Å². The molecular weight excluding hydrogens is 304 g/mol. The third-order valence-electron chi connectivity index (χ3n) is 4.26. The second-order valence-electron chi connectivity index (χ2n) is 5.87. The number of thioether (sulfide) groups is 1. The number of rotatable bonds is 4. The molecule has 0 unspecified atom stereocenters. The van der Waals surface area contributed by atoms with Gasteiger partial charge in [0.05, 0.1) is 5.69 Å². The van der Waals surface area contributed by atoms with Crippen LogP contribution in [0.25, 0.3) is 0 Å². The van der Waals surface area contributed by atoms with E-state index in [2.05, 4.69) is 23.2 Å². The molecule has 0 saturated heterocycles. The van der Waals surface area contributed by atoms with Crippen molar-refractivity contribution in [3.05, 3.63) is 47.2 Å². The summed E-state index contributed by atoms with van der Waals surface area (Å²) in [6.45, 7) is 0. The second kappa shape index (κ2) is 7.47. The van der Waals surface area contributed by atoms with Crippen molar-refractivity contribution in [2.24, 2.45) is 0 Å². The number of hydrogen-bond donors (Lipinski definition) is 1. The minimum Gasteiger partial charge on any atom is -0.382 e. The number of aromatic nitrogens is 2. The Bertz CT molecular complexity index is 703. The van der Waals surface area contributed by atoms with Gasteiger partial charge >= 0.3 is 0 Å². The smallest absolute Gasteiger partial charge is 0.190 e. The molecule has 2 aromatic rings. The van der Waals surface area contributed by atoms with Crippen LogP contribution in [0, 0.1) is 11.3 Å². The van der Waals surface area contributed by atoms with Crippen molar-refractivity contribution in [3.63, 3.8) is 0 Å². The summed E-state index contributed by atoms with van der Waals surface area (Å²) in [5, 5.41) is 10.1. The Kier molecular flexibility index (Phi) is 5.14. The molecule has 0 spiro atoms. The van der Waals surface area contributed by atoms with Crippen molar-refractivity contribution in [1.82, 2.24) is 9.97 Å². The Morgan fingerprint density at radius 1 is 1.13 bits per heavy atom. The first-order chi connectivity index (χ1) is 11.3. The monoisotopic (exact) mass is 324 g/mol. The van der Waals surface area contributed by atoms with Crippen LogP contribution in [0.5, 0.6) is 0 Å². The van der Waals surface area contributed by atoms with E-state index in [1.165, 1.54) is 24.8 Å². The Balaban J connectivity index is 1.83. The molecule has 118 valence electrons. The summed E-state index contributed by atoms with van der Waals surface area (Å²) in [6.07, 6.45) is 5.86. The average molecular weight is 324 g/mol. The Morgan fingerprint density at radius 2 is 1.87 bits per heavy atom. The summed E-state index contributed by atoms with van der Waals surface area (Å²) in [6, 6.07) is 12.4. The number of anilines is 1. The van der Waals surface area contributed by atoms with Crippen LogP contribution in [0.2, 0.25) is 0 Å². The molecule has 0 atom stereocenters. The maximum Gasteiger partial charge on any atom is 0.190 e. The van der Waals surface area contributed by atoms with Gasteiger partial charge in [-0.25, -0.2) is 9.97 Å². The van der Waals surface area contributed by atoms with Gasteiger partial charge in [0.15, 0.2) is 5.16 Å². The molecule has 1 fully saturated rings. The van der Waals surface area contributed by atoms with Crippen LogP contribution in [0.1, 0.15) is 54.8 Å². The number of nitrogen functional groups attached to an aromatic ring is 1. The highest BCUT2D eigenvalue weighted by Gasteiger charge is 2.23. The lowest BCUT2D eigenvalue weighted by atomic mass is 9.85. The van der Waals surface area contributed by atoms with Gasteiger partial charge < -0.3 is 5.73 Å². The van der Waals surface area contributed by atoms with Crippen LogP contribution in [-0.2, 0) is 5.75 Å². The Labute approximate surface area is 141 Å². The van der Waals surface area contributed by atoms with Crippen LogP contribution in [0.15, 0.2) is 35.5 Å². The van der Waals surface area contributed by atoms with Gasteiger partial charge in [-0.2, -0.15) is 5.26 Å². The van der Waals surface area contributed by atoms with Gasteiger partial charge in [0.25, 0.3) is 0 Å². The Hall–Kier alpha value is -2.06. The van der Waals surface area contributed by atoms with Crippen molar-refractivity contribution in [3.8, 4) is 6.07 Å². The normalized spacial score (nSPS) is 15.3. The van der Waals surface area contributed by atoms with Crippen LogP contribution in [0.4, 0.5) is 5.82 Å². The highest BCUT2D eigenvalue weighted by Crippen LogP contribution is 2.35. The molecule has 5 heteroatoms. The first-order valence-electron chi connectivity index (χ1n) is 8.02. The summed E-state index contributed by atoms with van der Waals surface area (Å²) >= 11 is 1.57. The minimum atomic E-state index is 0.318. The van der Waals surface area contributed by atoms with Crippen molar-refractivity contribution in [1.29, 1.82) is 5.26 Å². The van der Waals surface area contributed by atoms with E-state index in [0.717, 1.165) is 24.3 Å². The molecule has 3 rings (SSSR count). The molecule has 1 aliphatic carbocycles. The molecule has 2 N–H and O–H groups in total. The number of benzene rings is 1. The molecular formula is C18H20N4S. The van der Waals surface area contributed by atoms with Crippen LogP contribution in [-0.4, -0.2) is 9.97 Å². The number of nitrogens with two attached hydrogens (primary N) is 1. The van der Waals surface area contributed by atoms with Crippen molar-refractivity contribution in [2.45, 2.75) is 48.9 Å². The van der Waals surface area contributed by atoms with Crippen LogP contribution in [0.3, 0.4) is 0 Å². The molecule has 4 nitrogen and oxygen atoms in total. The lowest BCUT2D eigenvalue weighted by molar-refractivity contribution is 0.433. The van der Waals surface area contributed by atoms with E-state index in [1.54, 1.807) is 11.8 Å². The van der Waals surface area contributed by atoms with Gasteiger partial charge in [0.2, 0.25) is 0 Å². The quantitative estimate of drug-likeness (QED) is 0.671. The summed E-state index contributed by atoms with van der Waals surface area (Å²) in [7, 11) is 0. The fraction of sp³-hybridized carbons (Fsp3) is 0.389.